The van der Waals surface area contributed by atoms with E-state index in [9.17, 15) is 9.18 Å². The van der Waals surface area contributed by atoms with Gasteiger partial charge in [-0.2, -0.15) is 0 Å². The molecule has 1 amide bonds. The number of nitrogens with zero attached hydrogens (tertiary/aromatic N) is 4. The van der Waals surface area contributed by atoms with E-state index in [4.69, 9.17) is 9.26 Å². The van der Waals surface area contributed by atoms with Crippen LogP contribution >= 0.6 is 0 Å². The van der Waals surface area contributed by atoms with Crippen LogP contribution in [-0.2, 0) is 6.42 Å². The molecule has 1 aliphatic rings. The van der Waals surface area contributed by atoms with Crippen molar-refractivity contribution in [2.75, 3.05) is 13.1 Å². The van der Waals surface area contributed by atoms with Crippen molar-refractivity contribution < 1.29 is 18.4 Å². The Morgan fingerprint density at radius 1 is 1.31 bits per heavy atom. The molecule has 8 heteroatoms. The molecular formula is C21H21FN4O3. The molecule has 2 aromatic heterocycles. The van der Waals surface area contributed by atoms with Crippen LogP contribution in [0.1, 0.15) is 47.6 Å². The summed E-state index contributed by atoms with van der Waals surface area (Å²) in [6.07, 6.45) is 5.42. The molecule has 0 N–H and O–H groups in total. The molecule has 1 atom stereocenters. The predicted octanol–water partition coefficient (Wildman–Crippen LogP) is 3.98. The van der Waals surface area contributed by atoms with Crippen LogP contribution in [0, 0.1) is 5.82 Å². The number of aromatic nitrogens is 3. The summed E-state index contributed by atoms with van der Waals surface area (Å²) in [6.45, 7) is 3.03. The number of amides is 1. The lowest BCUT2D eigenvalue weighted by molar-refractivity contribution is 0.0662. The molecule has 1 fully saturated rings. The van der Waals surface area contributed by atoms with Crippen LogP contribution in [0.3, 0.4) is 0 Å². The van der Waals surface area contributed by atoms with E-state index in [1.807, 2.05) is 6.92 Å². The smallest absolute Gasteiger partial charge is 0.292 e. The number of halogens is 1. The molecule has 0 radical (unpaired) electrons. The average molecular weight is 396 g/mol. The highest BCUT2D eigenvalue weighted by Crippen LogP contribution is 2.33. The van der Waals surface area contributed by atoms with E-state index in [1.54, 1.807) is 35.4 Å². The van der Waals surface area contributed by atoms with Gasteiger partial charge in [0.2, 0.25) is 11.6 Å². The number of rotatable bonds is 5. The van der Waals surface area contributed by atoms with Gasteiger partial charge in [0.1, 0.15) is 5.69 Å². The molecule has 7 nitrogen and oxygen atoms in total. The second-order valence-corrected chi connectivity index (χ2v) is 6.91. The molecule has 0 saturated carbocycles. The standard InChI is InChI=1S/C21H21FN4O3/c1-2-15-12-18(29-25-15)21(27)26-11-5-6-14(13-26)19-20(24-10-9-23-19)28-17-8-4-3-7-16(17)22/h3-4,7-10,12,14H,2,5-6,11,13H2,1H3/t14-/m1/s1. The Morgan fingerprint density at radius 3 is 2.93 bits per heavy atom. The number of carbonyl (C=O) groups excluding carboxylic acids is 1. The zero-order valence-corrected chi connectivity index (χ0v) is 16.0. The van der Waals surface area contributed by atoms with Crippen molar-refractivity contribution >= 4 is 5.91 Å². The molecule has 1 aromatic carbocycles. The van der Waals surface area contributed by atoms with Gasteiger partial charge in [-0.05, 0) is 31.4 Å². The third kappa shape index (κ3) is 4.11. The first-order valence-corrected chi connectivity index (χ1v) is 9.64. The quantitative estimate of drug-likeness (QED) is 0.649. The maximum atomic E-state index is 14.0. The minimum Gasteiger partial charge on any atom is -0.434 e. The molecule has 0 unspecified atom stereocenters. The van der Waals surface area contributed by atoms with Crippen molar-refractivity contribution in [3.8, 4) is 11.6 Å². The predicted molar refractivity (Wildman–Crippen MR) is 102 cm³/mol. The molecule has 3 aromatic rings. The van der Waals surface area contributed by atoms with Crippen molar-refractivity contribution in [1.29, 1.82) is 0 Å². The van der Waals surface area contributed by atoms with Gasteiger partial charge in [-0.1, -0.05) is 24.2 Å². The number of aryl methyl sites for hydroxylation is 1. The molecule has 4 rings (SSSR count). The molecular weight excluding hydrogens is 375 g/mol. The second-order valence-electron chi connectivity index (χ2n) is 6.91. The number of hydrogen-bond acceptors (Lipinski definition) is 6. The summed E-state index contributed by atoms with van der Waals surface area (Å²) in [6, 6.07) is 7.84. The van der Waals surface area contributed by atoms with Crippen LogP contribution in [0.25, 0.3) is 0 Å². The van der Waals surface area contributed by atoms with Crippen molar-refractivity contribution in [3.05, 3.63) is 65.7 Å². The highest BCUT2D eigenvalue weighted by Gasteiger charge is 2.30. The number of piperidine rings is 1. The first kappa shape index (κ1) is 19.0. The molecule has 150 valence electrons. The fraction of sp³-hybridized carbons (Fsp3) is 0.333. The van der Waals surface area contributed by atoms with Crippen molar-refractivity contribution in [2.45, 2.75) is 32.1 Å². The van der Waals surface area contributed by atoms with Crippen LogP contribution in [0.15, 0.2) is 47.2 Å². The Hall–Kier alpha value is -3.29. The summed E-state index contributed by atoms with van der Waals surface area (Å²) in [5, 5.41) is 3.90. The van der Waals surface area contributed by atoms with Crippen molar-refractivity contribution in [1.82, 2.24) is 20.0 Å². The van der Waals surface area contributed by atoms with Gasteiger partial charge < -0.3 is 14.2 Å². The van der Waals surface area contributed by atoms with E-state index in [0.29, 0.717) is 25.2 Å². The van der Waals surface area contributed by atoms with Crippen molar-refractivity contribution in [2.24, 2.45) is 0 Å². The van der Waals surface area contributed by atoms with Gasteiger partial charge in [0.05, 0.1) is 5.69 Å². The molecule has 0 bridgehead atoms. The van der Waals surface area contributed by atoms with Gasteiger partial charge in [0, 0.05) is 37.5 Å². The van der Waals surface area contributed by atoms with Crippen LogP contribution in [-0.4, -0.2) is 39.0 Å². The normalized spacial score (nSPS) is 16.6. The molecule has 1 saturated heterocycles. The largest absolute Gasteiger partial charge is 0.434 e. The Morgan fingerprint density at radius 2 is 2.14 bits per heavy atom. The van der Waals surface area contributed by atoms with E-state index in [-0.39, 0.29) is 29.2 Å². The topological polar surface area (TPSA) is 81.4 Å². The molecule has 1 aliphatic heterocycles. The molecule has 0 spiro atoms. The maximum absolute atomic E-state index is 14.0. The van der Waals surface area contributed by atoms with Crippen LogP contribution in [0.5, 0.6) is 11.6 Å². The Bertz CT molecular complexity index is 1010. The van der Waals surface area contributed by atoms with Gasteiger partial charge in [0.15, 0.2) is 11.6 Å². The summed E-state index contributed by atoms with van der Waals surface area (Å²) in [4.78, 5) is 23.2. The highest BCUT2D eigenvalue weighted by atomic mass is 19.1. The second kappa shape index (κ2) is 8.38. The monoisotopic (exact) mass is 396 g/mol. The number of carbonyl (C=O) groups is 1. The third-order valence-electron chi connectivity index (χ3n) is 4.96. The van der Waals surface area contributed by atoms with E-state index >= 15 is 0 Å². The zero-order valence-electron chi connectivity index (χ0n) is 16.0. The summed E-state index contributed by atoms with van der Waals surface area (Å²) in [5.41, 5.74) is 1.36. The van der Waals surface area contributed by atoms with Gasteiger partial charge in [-0.3, -0.25) is 9.78 Å². The van der Waals surface area contributed by atoms with E-state index in [2.05, 4.69) is 15.1 Å². The zero-order chi connectivity index (χ0) is 20.2. The number of benzene rings is 1. The van der Waals surface area contributed by atoms with E-state index in [0.717, 1.165) is 18.5 Å². The molecule has 3 heterocycles. The molecule has 29 heavy (non-hydrogen) atoms. The first-order chi connectivity index (χ1) is 14.2. The summed E-state index contributed by atoms with van der Waals surface area (Å²) >= 11 is 0. The fourth-order valence-corrected chi connectivity index (χ4v) is 3.45. The van der Waals surface area contributed by atoms with E-state index < -0.39 is 5.82 Å². The van der Waals surface area contributed by atoms with Crippen LogP contribution in [0.2, 0.25) is 0 Å². The van der Waals surface area contributed by atoms with Crippen LogP contribution in [0.4, 0.5) is 4.39 Å². The maximum Gasteiger partial charge on any atom is 0.292 e. The lowest BCUT2D eigenvalue weighted by atomic mass is 9.94. The minimum absolute atomic E-state index is 0.0725. The number of ether oxygens (including phenoxy) is 1. The summed E-state index contributed by atoms with van der Waals surface area (Å²) < 4.78 is 24.9. The van der Waals surface area contributed by atoms with Crippen LogP contribution < -0.4 is 4.74 Å². The van der Waals surface area contributed by atoms with Crippen molar-refractivity contribution in [3.63, 3.8) is 0 Å². The lowest BCUT2D eigenvalue weighted by Gasteiger charge is -2.32. The average Bonchev–Trinajstić information content (AvgIpc) is 3.25. The van der Waals surface area contributed by atoms with Gasteiger partial charge in [-0.15, -0.1) is 0 Å². The molecule has 0 aliphatic carbocycles. The number of likely N-dealkylation sites (tertiary alicyclic amines) is 1. The first-order valence-electron chi connectivity index (χ1n) is 9.64. The van der Waals surface area contributed by atoms with Gasteiger partial charge in [0.25, 0.3) is 5.91 Å². The van der Waals surface area contributed by atoms with E-state index in [1.165, 1.54) is 12.3 Å². The Kier molecular flexibility index (Phi) is 5.50. The number of hydrogen-bond donors (Lipinski definition) is 0. The van der Waals surface area contributed by atoms with Gasteiger partial charge in [-0.25, -0.2) is 9.37 Å². The highest BCUT2D eigenvalue weighted by molar-refractivity contribution is 5.91. The SMILES string of the molecule is CCc1cc(C(=O)N2CCC[C@@H](c3nccnc3Oc3ccccc3F)C2)on1. The van der Waals surface area contributed by atoms with Gasteiger partial charge >= 0.3 is 0 Å². The Labute approximate surface area is 167 Å². The minimum atomic E-state index is -0.471. The number of para-hydroxylation sites is 1. The summed E-state index contributed by atoms with van der Waals surface area (Å²) in [7, 11) is 0. The Balaban J connectivity index is 1.54. The fourth-order valence-electron chi connectivity index (χ4n) is 3.45. The lowest BCUT2D eigenvalue weighted by Crippen LogP contribution is -2.39. The third-order valence-corrected chi connectivity index (χ3v) is 4.96. The summed E-state index contributed by atoms with van der Waals surface area (Å²) in [5.74, 6) is -0.151.